The fraction of sp³-hybridized carbons (Fsp3) is 0.125. The van der Waals surface area contributed by atoms with Gasteiger partial charge in [-0.3, -0.25) is 4.99 Å². The van der Waals surface area contributed by atoms with Crippen molar-refractivity contribution in [3.8, 4) is 5.75 Å². The molecule has 1 heterocycles. The molecule has 1 aromatic carbocycles. The Kier molecular flexibility index (Phi) is 1.01. The Labute approximate surface area is 58.8 Å². The van der Waals surface area contributed by atoms with Gasteiger partial charge in [-0.05, 0) is 29.8 Å². The molecular formula is C8H7NO. The van der Waals surface area contributed by atoms with Crippen LogP contribution >= 0.6 is 0 Å². The van der Waals surface area contributed by atoms with Crippen molar-refractivity contribution in [1.29, 1.82) is 0 Å². The van der Waals surface area contributed by atoms with Gasteiger partial charge in [-0.2, -0.15) is 0 Å². The second-order valence-electron chi connectivity index (χ2n) is 2.31. The summed E-state index contributed by atoms with van der Waals surface area (Å²) in [5.41, 5.74) is 2.26. The monoisotopic (exact) mass is 133 g/mol. The van der Waals surface area contributed by atoms with Crippen LogP contribution in [-0.2, 0) is 0 Å². The van der Waals surface area contributed by atoms with Gasteiger partial charge in [-0.1, -0.05) is 0 Å². The van der Waals surface area contributed by atoms with Crippen molar-refractivity contribution in [2.75, 3.05) is 6.54 Å². The maximum atomic E-state index is 8.92. The molecule has 0 atom stereocenters. The highest BCUT2D eigenvalue weighted by molar-refractivity contribution is 6.10. The number of rotatable bonds is 1. The summed E-state index contributed by atoms with van der Waals surface area (Å²) in [5, 5.41) is 8.92. The van der Waals surface area contributed by atoms with Crippen LogP contribution in [0.2, 0.25) is 0 Å². The number of phenolic OH excluding ortho intramolecular Hbond substituents is 1. The number of hydrogen-bond acceptors (Lipinski definition) is 2. The molecule has 0 bridgehead atoms. The molecule has 1 aliphatic heterocycles. The van der Waals surface area contributed by atoms with Crippen LogP contribution in [0.25, 0.3) is 0 Å². The van der Waals surface area contributed by atoms with E-state index < -0.39 is 0 Å². The molecule has 1 N–H and O–H groups in total. The highest BCUT2D eigenvalue weighted by Gasteiger charge is 2.11. The van der Waals surface area contributed by atoms with Gasteiger partial charge >= 0.3 is 0 Å². The molecule has 0 aromatic heterocycles. The van der Waals surface area contributed by atoms with Crippen LogP contribution in [0.3, 0.4) is 0 Å². The first-order valence-electron chi connectivity index (χ1n) is 3.19. The van der Waals surface area contributed by atoms with E-state index in [0.717, 1.165) is 17.8 Å². The van der Waals surface area contributed by atoms with Gasteiger partial charge in [-0.25, -0.2) is 0 Å². The van der Waals surface area contributed by atoms with Crippen LogP contribution in [0.5, 0.6) is 5.75 Å². The largest absolute Gasteiger partial charge is 0.508 e. The van der Waals surface area contributed by atoms with Gasteiger partial charge in [0.2, 0.25) is 0 Å². The highest BCUT2D eigenvalue weighted by Crippen LogP contribution is 2.14. The predicted molar refractivity (Wildman–Crippen MR) is 39.5 cm³/mol. The van der Waals surface area contributed by atoms with Gasteiger partial charge in [0.25, 0.3) is 0 Å². The number of benzene rings is 1. The van der Waals surface area contributed by atoms with Crippen molar-refractivity contribution in [3.05, 3.63) is 29.8 Å². The van der Waals surface area contributed by atoms with E-state index in [-0.39, 0.29) is 0 Å². The maximum absolute atomic E-state index is 8.92. The fourth-order valence-electron chi connectivity index (χ4n) is 0.876. The summed E-state index contributed by atoms with van der Waals surface area (Å²) in [5.74, 6) is 0.310. The Balaban J connectivity index is 2.37. The SMILES string of the molecule is Oc1ccc(C2=NC2)cc1. The van der Waals surface area contributed by atoms with E-state index in [1.54, 1.807) is 12.1 Å². The molecule has 1 aliphatic rings. The molecule has 1 aromatic rings. The van der Waals surface area contributed by atoms with Crippen LogP contribution in [0, 0.1) is 0 Å². The zero-order valence-electron chi connectivity index (χ0n) is 5.41. The minimum atomic E-state index is 0.310. The quantitative estimate of drug-likeness (QED) is 0.613. The Morgan fingerprint density at radius 1 is 1.20 bits per heavy atom. The minimum Gasteiger partial charge on any atom is -0.508 e. The van der Waals surface area contributed by atoms with Gasteiger partial charge < -0.3 is 5.11 Å². The van der Waals surface area contributed by atoms with Crippen molar-refractivity contribution in [2.45, 2.75) is 0 Å². The Morgan fingerprint density at radius 3 is 2.30 bits per heavy atom. The smallest absolute Gasteiger partial charge is 0.115 e. The molecule has 50 valence electrons. The predicted octanol–water partition coefficient (Wildman–Crippen LogP) is 1.19. The van der Waals surface area contributed by atoms with Crippen LogP contribution < -0.4 is 0 Å². The number of phenols is 1. The average molecular weight is 133 g/mol. The molecule has 0 amide bonds. The summed E-state index contributed by atoms with van der Waals surface area (Å²) in [7, 11) is 0. The van der Waals surface area contributed by atoms with E-state index in [2.05, 4.69) is 4.99 Å². The van der Waals surface area contributed by atoms with Gasteiger partial charge in [0, 0.05) is 0 Å². The summed E-state index contributed by atoms with van der Waals surface area (Å²) >= 11 is 0. The third-order valence-electron chi connectivity index (χ3n) is 1.52. The van der Waals surface area contributed by atoms with Crippen LogP contribution in [0.4, 0.5) is 0 Å². The normalized spacial score (nSPS) is 14.6. The zero-order valence-corrected chi connectivity index (χ0v) is 5.41. The molecule has 0 aliphatic carbocycles. The Bertz CT molecular complexity index is 274. The summed E-state index contributed by atoms with van der Waals surface area (Å²) in [4.78, 5) is 4.04. The number of nitrogens with zero attached hydrogens (tertiary/aromatic N) is 1. The van der Waals surface area contributed by atoms with Crippen LogP contribution in [0.15, 0.2) is 29.3 Å². The highest BCUT2D eigenvalue weighted by atomic mass is 16.3. The average Bonchev–Trinajstić information content (AvgIpc) is 2.71. The molecule has 0 spiro atoms. The second-order valence-corrected chi connectivity index (χ2v) is 2.31. The summed E-state index contributed by atoms with van der Waals surface area (Å²) in [6.45, 7) is 0.866. The van der Waals surface area contributed by atoms with Gasteiger partial charge in [0.1, 0.15) is 5.75 Å². The zero-order chi connectivity index (χ0) is 6.97. The van der Waals surface area contributed by atoms with E-state index in [9.17, 15) is 0 Å². The minimum absolute atomic E-state index is 0.310. The van der Waals surface area contributed by atoms with Gasteiger partial charge in [0.05, 0.1) is 12.3 Å². The molecule has 0 unspecified atom stereocenters. The topological polar surface area (TPSA) is 32.6 Å². The first-order valence-corrected chi connectivity index (χ1v) is 3.19. The van der Waals surface area contributed by atoms with Crippen molar-refractivity contribution >= 4 is 5.71 Å². The van der Waals surface area contributed by atoms with E-state index in [0.29, 0.717) is 5.75 Å². The van der Waals surface area contributed by atoms with Crippen molar-refractivity contribution in [2.24, 2.45) is 4.99 Å². The van der Waals surface area contributed by atoms with Crippen molar-refractivity contribution in [1.82, 2.24) is 0 Å². The lowest BCUT2D eigenvalue weighted by Crippen LogP contribution is -1.84. The van der Waals surface area contributed by atoms with Crippen molar-refractivity contribution < 1.29 is 5.11 Å². The van der Waals surface area contributed by atoms with Crippen molar-refractivity contribution in [3.63, 3.8) is 0 Å². The second kappa shape index (κ2) is 1.84. The third kappa shape index (κ3) is 0.880. The Morgan fingerprint density at radius 2 is 1.80 bits per heavy atom. The molecule has 0 saturated carbocycles. The van der Waals surface area contributed by atoms with Crippen LogP contribution in [0.1, 0.15) is 5.56 Å². The van der Waals surface area contributed by atoms with E-state index >= 15 is 0 Å². The van der Waals surface area contributed by atoms with E-state index in [4.69, 9.17) is 5.11 Å². The van der Waals surface area contributed by atoms with Gasteiger partial charge in [-0.15, -0.1) is 0 Å². The summed E-state index contributed by atoms with van der Waals surface area (Å²) in [6.07, 6.45) is 0. The molecular weight excluding hydrogens is 126 g/mol. The summed E-state index contributed by atoms with van der Waals surface area (Å²) in [6, 6.07) is 7.11. The lowest BCUT2D eigenvalue weighted by molar-refractivity contribution is 0.475. The van der Waals surface area contributed by atoms with Crippen LogP contribution in [-0.4, -0.2) is 17.4 Å². The molecule has 0 saturated heterocycles. The molecule has 0 radical (unpaired) electrons. The standard InChI is InChI=1S/C8H7NO/c10-7-3-1-6(2-4-7)8-5-9-8/h1-4,10H,5H2. The lowest BCUT2D eigenvalue weighted by atomic mass is 10.2. The first-order chi connectivity index (χ1) is 4.86. The lowest BCUT2D eigenvalue weighted by Gasteiger charge is -1.91. The van der Waals surface area contributed by atoms with E-state index in [1.165, 1.54) is 0 Å². The number of aromatic hydroxyl groups is 1. The van der Waals surface area contributed by atoms with E-state index in [1.807, 2.05) is 12.1 Å². The third-order valence-corrected chi connectivity index (χ3v) is 1.52. The Hall–Kier alpha value is -1.31. The molecule has 0 fully saturated rings. The maximum Gasteiger partial charge on any atom is 0.115 e. The molecule has 2 nitrogen and oxygen atoms in total. The van der Waals surface area contributed by atoms with Gasteiger partial charge in [0.15, 0.2) is 0 Å². The number of aliphatic imine (C=N–C) groups is 1. The molecule has 10 heavy (non-hydrogen) atoms. The number of hydrogen-bond donors (Lipinski definition) is 1. The summed E-state index contributed by atoms with van der Waals surface area (Å²) < 4.78 is 0. The molecule has 2 rings (SSSR count). The fourth-order valence-corrected chi connectivity index (χ4v) is 0.876. The first kappa shape index (κ1) is 5.47. The molecule has 2 heteroatoms.